The van der Waals surface area contributed by atoms with E-state index in [1.54, 1.807) is 26.8 Å². The van der Waals surface area contributed by atoms with Gasteiger partial charge >= 0.3 is 12.1 Å². The predicted octanol–water partition coefficient (Wildman–Crippen LogP) is 2.71. The summed E-state index contributed by atoms with van der Waals surface area (Å²) in [6.07, 6.45) is 4.29. The van der Waals surface area contributed by atoms with E-state index in [4.69, 9.17) is 4.74 Å². The number of ketones is 1. The first-order chi connectivity index (χ1) is 10.7. The maximum Gasteiger partial charge on any atom is 0.410 e. The van der Waals surface area contributed by atoms with Crippen LogP contribution in [0, 0.1) is 5.92 Å². The molecule has 130 valence electrons. The molecule has 0 aromatic heterocycles. The lowest BCUT2D eigenvalue weighted by Crippen LogP contribution is -2.56. The summed E-state index contributed by atoms with van der Waals surface area (Å²) in [6, 6.07) is -0.412. The SMILES string of the molecule is CC[C@@H](/C=C/C(=O)OC)CC(=O)[C@@H]1CCN1C(=O)OC(C)(C)C. The number of esters is 1. The fourth-order valence-electron chi connectivity index (χ4n) is 2.29. The molecule has 0 unspecified atom stereocenters. The van der Waals surface area contributed by atoms with Gasteiger partial charge in [0.15, 0.2) is 5.78 Å². The van der Waals surface area contributed by atoms with Crippen LogP contribution in [0.5, 0.6) is 0 Å². The number of carbonyl (C=O) groups is 3. The Bertz CT molecular complexity index is 478. The van der Waals surface area contributed by atoms with Gasteiger partial charge in [0.1, 0.15) is 5.60 Å². The van der Waals surface area contributed by atoms with E-state index in [0.29, 0.717) is 19.4 Å². The summed E-state index contributed by atoms with van der Waals surface area (Å²) >= 11 is 0. The minimum Gasteiger partial charge on any atom is -0.466 e. The Kier molecular flexibility index (Phi) is 6.79. The average molecular weight is 325 g/mol. The summed E-state index contributed by atoms with van der Waals surface area (Å²) < 4.78 is 9.85. The number of rotatable bonds is 6. The molecule has 1 aliphatic heterocycles. The summed E-state index contributed by atoms with van der Waals surface area (Å²) in [6.45, 7) is 7.89. The number of allylic oxidation sites excluding steroid dienone is 1. The lowest BCUT2D eigenvalue weighted by molar-refractivity contribution is -0.135. The zero-order valence-corrected chi connectivity index (χ0v) is 14.6. The molecule has 1 amide bonds. The van der Waals surface area contributed by atoms with Crippen LogP contribution >= 0.6 is 0 Å². The topological polar surface area (TPSA) is 72.9 Å². The first-order valence-electron chi connectivity index (χ1n) is 7.96. The monoisotopic (exact) mass is 325 g/mol. The predicted molar refractivity (Wildman–Crippen MR) is 85.9 cm³/mol. The van der Waals surface area contributed by atoms with Crippen LogP contribution in [0.25, 0.3) is 0 Å². The highest BCUT2D eigenvalue weighted by Crippen LogP contribution is 2.25. The minimum absolute atomic E-state index is 0.00322. The van der Waals surface area contributed by atoms with Crippen molar-refractivity contribution in [3.05, 3.63) is 12.2 Å². The number of nitrogens with zero attached hydrogens (tertiary/aromatic N) is 1. The van der Waals surface area contributed by atoms with Gasteiger partial charge in [-0.1, -0.05) is 13.0 Å². The summed E-state index contributed by atoms with van der Waals surface area (Å²) in [5.41, 5.74) is -0.574. The molecule has 0 aromatic rings. The van der Waals surface area contributed by atoms with Crippen molar-refractivity contribution in [2.45, 2.75) is 58.6 Å². The third-order valence-corrected chi connectivity index (χ3v) is 3.71. The van der Waals surface area contributed by atoms with E-state index in [1.807, 2.05) is 6.92 Å². The van der Waals surface area contributed by atoms with E-state index >= 15 is 0 Å². The molecule has 0 radical (unpaired) electrons. The van der Waals surface area contributed by atoms with Crippen LogP contribution in [0.4, 0.5) is 4.79 Å². The van der Waals surface area contributed by atoms with E-state index in [1.165, 1.54) is 18.1 Å². The van der Waals surface area contributed by atoms with E-state index < -0.39 is 23.7 Å². The van der Waals surface area contributed by atoms with Gasteiger partial charge in [0.25, 0.3) is 0 Å². The van der Waals surface area contributed by atoms with Crippen LogP contribution in [0.1, 0.15) is 47.0 Å². The van der Waals surface area contributed by atoms with Gasteiger partial charge in [-0.25, -0.2) is 9.59 Å². The Balaban J connectivity index is 2.58. The Hall–Kier alpha value is -1.85. The van der Waals surface area contributed by atoms with E-state index in [9.17, 15) is 14.4 Å². The van der Waals surface area contributed by atoms with Crippen LogP contribution in [-0.2, 0) is 19.1 Å². The average Bonchev–Trinajstić information content (AvgIpc) is 2.39. The normalized spacial score (nSPS) is 19.2. The standard InChI is InChI=1S/C17H27NO5/c1-6-12(7-8-15(20)22-5)11-14(19)13-9-10-18(13)16(21)23-17(2,3)4/h7-8,12-13H,6,9-11H2,1-5H3/b8-7+/t12-,13-/m0/s1. The number of methoxy groups -OCH3 is 1. The molecule has 1 saturated heterocycles. The summed E-state index contributed by atoms with van der Waals surface area (Å²) in [4.78, 5) is 37.0. The van der Waals surface area contributed by atoms with Crippen LogP contribution in [0.3, 0.4) is 0 Å². The molecular formula is C17H27NO5. The maximum atomic E-state index is 12.4. The third-order valence-electron chi connectivity index (χ3n) is 3.71. The van der Waals surface area contributed by atoms with Gasteiger partial charge < -0.3 is 9.47 Å². The third kappa shape index (κ3) is 6.04. The Morgan fingerprint density at radius 1 is 1.30 bits per heavy atom. The van der Waals surface area contributed by atoms with E-state index in [2.05, 4.69) is 4.74 Å². The van der Waals surface area contributed by atoms with Crippen LogP contribution in [0.2, 0.25) is 0 Å². The van der Waals surface area contributed by atoms with Gasteiger partial charge in [-0.05, 0) is 39.5 Å². The molecule has 0 aliphatic carbocycles. The van der Waals surface area contributed by atoms with Crippen molar-refractivity contribution in [3.63, 3.8) is 0 Å². The number of likely N-dealkylation sites (tertiary alicyclic amines) is 1. The Morgan fingerprint density at radius 2 is 1.96 bits per heavy atom. The second kappa shape index (κ2) is 8.13. The number of Topliss-reactive ketones (excluding diaryl/α,β-unsaturated/α-hetero) is 1. The van der Waals surface area contributed by atoms with Gasteiger partial charge in [0.05, 0.1) is 13.2 Å². The van der Waals surface area contributed by atoms with Crippen molar-refractivity contribution in [2.24, 2.45) is 5.92 Å². The first-order valence-corrected chi connectivity index (χ1v) is 7.96. The number of carbonyl (C=O) groups excluding carboxylic acids is 3. The largest absolute Gasteiger partial charge is 0.466 e. The van der Waals surface area contributed by atoms with Crippen LogP contribution < -0.4 is 0 Å². The molecule has 6 heteroatoms. The zero-order chi connectivity index (χ0) is 17.6. The van der Waals surface area contributed by atoms with Crippen molar-refractivity contribution in [2.75, 3.05) is 13.7 Å². The highest BCUT2D eigenvalue weighted by atomic mass is 16.6. The molecule has 1 aliphatic rings. The van der Waals surface area contributed by atoms with Gasteiger partial charge in [-0.3, -0.25) is 9.69 Å². The molecule has 1 heterocycles. The van der Waals surface area contributed by atoms with Crippen molar-refractivity contribution in [3.8, 4) is 0 Å². The number of hydrogen-bond donors (Lipinski definition) is 0. The molecule has 1 rings (SSSR count). The minimum atomic E-state index is -0.574. The molecule has 6 nitrogen and oxygen atoms in total. The van der Waals surface area contributed by atoms with Crippen molar-refractivity contribution in [1.29, 1.82) is 0 Å². The highest BCUT2D eigenvalue weighted by molar-refractivity contribution is 5.89. The first kappa shape index (κ1) is 19.2. The lowest BCUT2D eigenvalue weighted by Gasteiger charge is -2.40. The molecule has 2 atom stereocenters. The van der Waals surface area contributed by atoms with Gasteiger partial charge in [-0.2, -0.15) is 0 Å². The number of hydrogen-bond acceptors (Lipinski definition) is 5. The second-order valence-electron chi connectivity index (χ2n) is 6.70. The van der Waals surface area contributed by atoms with Gasteiger partial charge in [-0.15, -0.1) is 0 Å². The van der Waals surface area contributed by atoms with E-state index in [0.717, 1.165) is 6.42 Å². The zero-order valence-electron chi connectivity index (χ0n) is 14.6. The fraction of sp³-hybridized carbons (Fsp3) is 0.706. The molecule has 23 heavy (non-hydrogen) atoms. The summed E-state index contributed by atoms with van der Waals surface area (Å²) in [7, 11) is 1.31. The van der Waals surface area contributed by atoms with Crippen LogP contribution in [-0.4, -0.2) is 48.0 Å². The van der Waals surface area contributed by atoms with Gasteiger partial charge in [0.2, 0.25) is 0 Å². The summed E-state index contributed by atoms with van der Waals surface area (Å²) in [5.74, 6) is -0.471. The Morgan fingerprint density at radius 3 is 2.39 bits per heavy atom. The Labute approximate surface area is 137 Å². The molecule has 0 aromatic carbocycles. The van der Waals surface area contributed by atoms with Crippen molar-refractivity contribution in [1.82, 2.24) is 4.90 Å². The number of ether oxygens (including phenoxy) is 2. The summed E-state index contributed by atoms with van der Waals surface area (Å²) in [5, 5.41) is 0. The molecule has 0 saturated carbocycles. The van der Waals surface area contributed by atoms with Crippen LogP contribution in [0.15, 0.2) is 12.2 Å². The fourth-order valence-corrected chi connectivity index (χ4v) is 2.29. The quantitative estimate of drug-likeness (QED) is 0.554. The highest BCUT2D eigenvalue weighted by Gasteiger charge is 2.39. The van der Waals surface area contributed by atoms with Gasteiger partial charge in [0, 0.05) is 19.0 Å². The second-order valence-corrected chi connectivity index (χ2v) is 6.70. The lowest BCUT2D eigenvalue weighted by atomic mass is 9.90. The smallest absolute Gasteiger partial charge is 0.410 e. The maximum absolute atomic E-state index is 12.4. The van der Waals surface area contributed by atoms with Crippen molar-refractivity contribution < 1.29 is 23.9 Å². The molecule has 1 fully saturated rings. The molecular weight excluding hydrogens is 298 g/mol. The van der Waals surface area contributed by atoms with E-state index in [-0.39, 0.29) is 11.7 Å². The molecule has 0 bridgehead atoms. The molecule has 0 spiro atoms. The molecule has 0 N–H and O–H groups in total. The number of amides is 1. The van der Waals surface area contributed by atoms with Crippen molar-refractivity contribution >= 4 is 17.8 Å².